The number of aryl methyl sites for hydroxylation is 1. The van der Waals surface area contributed by atoms with Crippen LogP contribution in [0.25, 0.3) is 0 Å². The van der Waals surface area contributed by atoms with Gasteiger partial charge < -0.3 is 4.42 Å². The van der Waals surface area contributed by atoms with Crippen LogP contribution < -0.4 is 0 Å². The molecule has 0 amide bonds. The Bertz CT molecular complexity index is 248. The topological polar surface area (TPSA) is 16.4 Å². The average Bonchev–Trinajstić information content (AvgIpc) is 2.63. The lowest BCUT2D eigenvalue weighted by Gasteiger charge is -2.11. The molecule has 1 saturated heterocycles. The van der Waals surface area contributed by atoms with Crippen LogP contribution >= 0.6 is 0 Å². The van der Waals surface area contributed by atoms with E-state index in [9.17, 15) is 0 Å². The minimum absolute atomic E-state index is 0.994. The molecule has 12 heavy (non-hydrogen) atoms. The van der Waals surface area contributed by atoms with Crippen molar-refractivity contribution in [2.24, 2.45) is 0 Å². The molecule has 66 valence electrons. The van der Waals surface area contributed by atoms with Crippen LogP contribution in [0.4, 0.5) is 0 Å². The van der Waals surface area contributed by atoms with Crippen molar-refractivity contribution in [3.05, 3.63) is 23.7 Å². The standard InChI is InChI=1S/C10H15NO/c1-9-6-10(12-8-9)7-11-4-2-3-5-11/h6,8H,2-5,7H2,1H3. The van der Waals surface area contributed by atoms with E-state index in [0.717, 1.165) is 12.3 Å². The molecule has 1 aliphatic rings. The molecule has 2 rings (SSSR count). The summed E-state index contributed by atoms with van der Waals surface area (Å²) < 4.78 is 5.38. The Labute approximate surface area is 73.2 Å². The molecule has 1 fully saturated rings. The van der Waals surface area contributed by atoms with E-state index >= 15 is 0 Å². The first-order valence-electron chi connectivity index (χ1n) is 4.61. The van der Waals surface area contributed by atoms with Gasteiger partial charge in [-0.05, 0) is 44.5 Å². The summed E-state index contributed by atoms with van der Waals surface area (Å²) in [5.74, 6) is 1.11. The number of rotatable bonds is 2. The molecular formula is C10H15NO. The Morgan fingerprint density at radius 3 is 2.75 bits per heavy atom. The molecule has 2 nitrogen and oxygen atoms in total. The van der Waals surface area contributed by atoms with E-state index in [-0.39, 0.29) is 0 Å². The summed E-state index contributed by atoms with van der Waals surface area (Å²) >= 11 is 0. The molecule has 0 radical (unpaired) electrons. The molecule has 1 aromatic heterocycles. The number of nitrogens with zero attached hydrogens (tertiary/aromatic N) is 1. The molecule has 1 aromatic rings. The Hall–Kier alpha value is -0.760. The van der Waals surface area contributed by atoms with Crippen LogP contribution in [0.3, 0.4) is 0 Å². The summed E-state index contributed by atoms with van der Waals surface area (Å²) in [6, 6.07) is 2.12. The predicted octanol–water partition coefficient (Wildman–Crippen LogP) is 2.18. The molecule has 2 heterocycles. The Kier molecular flexibility index (Phi) is 2.17. The highest BCUT2D eigenvalue weighted by Crippen LogP contribution is 2.14. The van der Waals surface area contributed by atoms with Crippen LogP contribution in [0.2, 0.25) is 0 Å². The summed E-state index contributed by atoms with van der Waals surface area (Å²) in [6.07, 6.45) is 4.52. The first kappa shape index (κ1) is 7.87. The minimum Gasteiger partial charge on any atom is -0.468 e. The van der Waals surface area contributed by atoms with E-state index in [4.69, 9.17) is 4.42 Å². The maximum Gasteiger partial charge on any atom is 0.118 e. The van der Waals surface area contributed by atoms with Gasteiger partial charge in [0.1, 0.15) is 5.76 Å². The lowest BCUT2D eigenvalue weighted by molar-refractivity contribution is 0.297. The van der Waals surface area contributed by atoms with Gasteiger partial charge in [0.15, 0.2) is 0 Å². The van der Waals surface area contributed by atoms with E-state index in [1.165, 1.54) is 31.5 Å². The van der Waals surface area contributed by atoms with Gasteiger partial charge in [0, 0.05) is 0 Å². The van der Waals surface area contributed by atoms with Crippen LogP contribution in [-0.2, 0) is 6.54 Å². The molecule has 2 heteroatoms. The summed E-state index contributed by atoms with van der Waals surface area (Å²) in [4.78, 5) is 2.44. The zero-order chi connectivity index (χ0) is 8.39. The smallest absolute Gasteiger partial charge is 0.118 e. The van der Waals surface area contributed by atoms with Gasteiger partial charge in [0.25, 0.3) is 0 Å². The quantitative estimate of drug-likeness (QED) is 0.668. The van der Waals surface area contributed by atoms with E-state index in [1.807, 2.05) is 6.26 Å². The fraction of sp³-hybridized carbons (Fsp3) is 0.600. The largest absolute Gasteiger partial charge is 0.468 e. The van der Waals surface area contributed by atoms with Gasteiger partial charge in [-0.1, -0.05) is 0 Å². The zero-order valence-corrected chi connectivity index (χ0v) is 7.55. The molecular weight excluding hydrogens is 150 g/mol. The highest BCUT2D eigenvalue weighted by Gasteiger charge is 2.12. The second-order valence-electron chi connectivity index (χ2n) is 3.57. The van der Waals surface area contributed by atoms with Crippen LogP contribution in [-0.4, -0.2) is 18.0 Å². The van der Waals surface area contributed by atoms with E-state index in [2.05, 4.69) is 17.9 Å². The first-order chi connectivity index (χ1) is 5.84. The zero-order valence-electron chi connectivity index (χ0n) is 7.55. The third kappa shape index (κ3) is 1.69. The van der Waals surface area contributed by atoms with Crippen molar-refractivity contribution in [1.29, 1.82) is 0 Å². The number of furan rings is 1. The van der Waals surface area contributed by atoms with Crippen molar-refractivity contribution in [2.75, 3.05) is 13.1 Å². The van der Waals surface area contributed by atoms with Crippen LogP contribution in [0.5, 0.6) is 0 Å². The van der Waals surface area contributed by atoms with Gasteiger partial charge in [-0.25, -0.2) is 0 Å². The summed E-state index contributed by atoms with van der Waals surface area (Å²) in [5.41, 5.74) is 1.23. The van der Waals surface area contributed by atoms with Gasteiger partial charge in [-0.2, -0.15) is 0 Å². The minimum atomic E-state index is 0.994. The van der Waals surface area contributed by atoms with Crippen molar-refractivity contribution < 1.29 is 4.42 Å². The highest BCUT2D eigenvalue weighted by atomic mass is 16.3. The lowest BCUT2D eigenvalue weighted by atomic mass is 10.3. The maximum atomic E-state index is 5.38. The second kappa shape index (κ2) is 3.31. The Balaban J connectivity index is 1.94. The lowest BCUT2D eigenvalue weighted by Crippen LogP contribution is -2.17. The van der Waals surface area contributed by atoms with Crippen molar-refractivity contribution in [3.63, 3.8) is 0 Å². The molecule has 1 aliphatic heterocycles. The molecule has 0 unspecified atom stereocenters. The van der Waals surface area contributed by atoms with Crippen molar-refractivity contribution in [3.8, 4) is 0 Å². The summed E-state index contributed by atoms with van der Waals surface area (Å²) in [7, 11) is 0. The third-order valence-corrected chi connectivity index (χ3v) is 2.36. The van der Waals surface area contributed by atoms with E-state index in [0.29, 0.717) is 0 Å². The SMILES string of the molecule is Cc1coc(CN2CCCC2)c1. The van der Waals surface area contributed by atoms with Gasteiger partial charge >= 0.3 is 0 Å². The summed E-state index contributed by atoms with van der Waals surface area (Å²) in [6.45, 7) is 5.53. The van der Waals surface area contributed by atoms with Crippen LogP contribution in [0.1, 0.15) is 24.2 Å². The van der Waals surface area contributed by atoms with Crippen molar-refractivity contribution >= 4 is 0 Å². The number of hydrogen-bond acceptors (Lipinski definition) is 2. The number of likely N-dealkylation sites (tertiary alicyclic amines) is 1. The Morgan fingerprint density at radius 1 is 1.42 bits per heavy atom. The van der Waals surface area contributed by atoms with Gasteiger partial charge in [-0.15, -0.1) is 0 Å². The van der Waals surface area contributed by atoms with E-state index < -0.39 is 0 Å². The predicted molar refractivity (Wildman–Crippen MR) is 48.0 cm³/mol. The summed E-state index contributed by atoms with van der Waals surface area (Å²) in [5, 5.41) is 0. The van der Waals surface area contributed by atoms with Gasteiger partial charge in [0.05, 0.1) is 12.8 Å². The van der Waals surface area contributed by atoms with Gasteiger partial charge in [0.2, 0.25) is 0 Å². The fourth-order valence-corrected chi connectivity index (χ4v) is 1.73. The fourth-order valence-electron chi connectivity index (χ4n) is 1.73. The molecule has 0 spiro atoms. The molecule has 0 aliphatic carbocycles. The van der Waals surface area contributed by atoms with Crippen molar-refractivity contribution in [1.82, 2.24) is 4.90 Å². The normalized spacial score (nSPS) is 18.8. The average molecular weight is 165 g/mol. The van der Waals surface area contributed by atoms with Gasteiger partial charge in [-0.3, -0.25) is 4.90 Å². The van der Waals surface area contributed by atoms with E-state index in [1.54, 1.807) is 0 Å². The first-order valence-corrected chi connectivity index (χ1v) is 4.61. The monoisotopic (exact) mass is 165 g/mol. The number of hydrogen-bond donors (Lipinski definition) is 0. The molecule has 0 saturated carbocycles. The third-order valence-electron chi connectivity index (χ3n) is 2.36. The van der Waals surface area contributed by atoms with Crippen molar-refractivity contribution in [2.45, 2.75) is 26.3 Å². The maximum absolute atomic E-state index is 5.38. The molecule has 0 N–H and O–H groups in total. The molecule has 0 aromatic carbocycles. The van der Waals surface area contributed by atoms with Crippen LogP contribution in [0.15, 0.2) is 16.7 Å². The highest BCUT2D eigenvalue weighted by molar-refractivity contribution is 5.10. The second-order valence-corrected chi connectivity index (χ2v) is 3.57. The Morgan fingerprint density at radius 2 is 2.17 bits per heavy atom. The van der Waals surface area contributed by atoms with Crippen LogP contribution in [0, 0.1) is 6.92 Å². The molecule has 0 atom stereocenters. The molecule has 0 bridgehead atoms.